The molecule has 3 aromatic rings. The molecular formula is C19H22ClN5O2. The smallest absolute Gasteiger partial charge is 0.277 e. The SMILES string of the molecule is CCn1nc(C)cc1NC(=O)c1ccn(COc2cc(C)c(Cl)c(C)c2)n1. The van der Waals surface area contributed by atoms with Crippen molar-refractivity contribution in [2.24, 2.45) is 0 Å². The van der Waals surface area contributed by atoms with Gasteiger partial charge in [-0.25, -0.2) is 9.36 Å². The molecule has 0 unspecified atom stereocenters. The highest BCUT2D eigenvalue weighted by Gasteiger charge is 2.13. The predicted molar refractivity (Wildman–Crippen MR) is 104 cm³/mol. The van der Waals surface area contributed by atoms with E-state index < -0.39 is 0 Å². The van der Waals surface area contributed by atoms with Gasteiger partial charge in [0.1, 0.15) is 11.6 Å². The fraction of sp³-hybridized carbons (Fsp3) is 0.316. The van der Waals surface area contributed by atoms with Crippen LogP contribution < -0.4 is 10.1 Å². The standard InChI is InChI=1S/C19H22ClN5O2/c1-5-25-17(10-14(4)22-25)21-19(26)16-6-7-24(23-16)11-27-15-8-12(2)18(20)13(3)9-15/h6-10H,5,11H2,1-4H3,(H,21,26). The molecule has 0 aliphatic rings. The molecule has 8 heteroatoms. The molecule has 0 saturated heterocycles. The minimum absolute atomic E-state index is 0.194. The second-order valence-electron chi connectivity index (χ2n) is 6.33. The summed E-state index contributed by atoms with van der Waals surface area (Å²) in [6.45, 7) is 8.58. The molecule has 27 heavy (non-hydrogen) atoms. The maximum atomic E-state index is 12.4. The average Bonchev–Trinajstić information content (AvgIpc) is 3.24. The van der Waals surface area contributed by atoms with Crippen molar-refractivity contribution < 1.29 is 9.53 Å². The van der Waals surface area contributed by atoms with E-state index in [9.17, 15) is 4.79 Å². The van der Waals surface area contributed by atoms with Crippen LogP contribution in [0.4, 0.5) is 5.82 Å². The Hall–Kier alpha value is -2.80. The Labute approximate surface area is 162 Å². The minimum atomic E-state index is -0.290. The van der Waals surface area contributed by atoms with E-state index in [1.807, 2.05) is 45.9 Å². The van der Waals surface area contributed by atoms with Gasteiger partial charge in [-0.1, -0.05) is 11.6 Å². The van der Waals surface area contributed by atoms with Crippen molar-refractivity contribution in [3.05, 3.63) is 58.0 Å². The molecule has 1 amide bonds. The first-order chi connectivity index (χ1) is 12.9. The van der Waals surface area contributed by atoms with Crippen molar-refractivity contribution in [1.29, 1.82) is 0 Å². The molecule has 1 N–H and O–H groups in total. The quantitative estimate of drug-likeness (QED) is 0.694. The minimum Gasteiger partial charge on any atom is -0.471 e. The molecule has 0 atom stereocenters. The van der Waals surface area contributed by atoms with E-state index in [4.69, 9.17) is 16.3 Å². The van der Waals surface area contributed by atoms with Crippen LogP contribution in [0, 0.1) is 20.8 Å². The van der Waals surface area contributed by atoms with Crippen LogP contribution in [0.15, 0.2) is 30.5 Å². The highest BCUT2D eigenvalue weighted by Crippen LogP contribution is 2.26. The lowest BCUT2D eigenvalue weighted by Crippen LogP contribution is -2.17. The number of halogens is 1. The molecule has 0 radical (unpaired) electrons. The van der Waals surface area contributed by atoms with Crippen LogP contribution in [-0.4, -0.2) is 25.5 Å². The second kappa shape index (κ2) is 7.84. The maximum Gasteiger partial charge on any atom is 0.277 e. The number of aryl methyl sites for hydroxylation is 4. The van der Waals surface area contributed by atoms with Gasteiger partial charge in [0.15, 0.2) is 12.4 Å². The lowest BCUT2D eigenvalue weighted by molar-refractivity contribution is 0.101. The van der Waals surface area contributed by atoms with Gasteiger partial charge >= 0.3 is 0 Å². The largest absolute Gasteiger partial charge is 0.471 e. The molecule has 2 heterocycles. The third-order valence-electron chi connectivity index (χ3n) is 4.09. The van der Waals surface area contributed by atoms with Crippen LogP contribution in [0.5, 0.6) is 5.75 Å². The van der Waals surface area contributed by atoms with Crippen molar-refractivity contribution in [2.45, 2.75) is 41.0 Å². The summed E-state index contributed by atoms with van der Waals surface area (Å²) in [6.07, 6.45) is 1.70. The molecule has 3 rings (SSSR count). The number of nitrogens with one attached hydrogen (secondary N) is 1. The Bertz CT molecular complexity index is 953. The van der Waals surface area contributed by atoms with E-state index in [-0.39, 0.29) is 12.6 Å². The number of anilines is 1. The molecule has 0 spiro atoms. The van der Waals surface area contributed by atoms with E-state index >= 15 is 0 Å². The van der Waals surface area contributed by atoms with Gasteiger partial charge in [-0.2, -0.15) is 10.2 Å². The third kappa shape index (κ3) is 4.31. The summed E-state index contributed by atoms with van der Waals surface area (Å²) in [5, 5.41) is 12.2. The lowest BCUT2D eigenvalue weighted by atomic mass is 10.1. The number of carbonyl (C=O) groups is 1. The molecule has 142 valence electrons. The van der Waals surface area contributed by atoms with Gasteiger partial charge in [0.2, 0.25) is 0 Å². The van der Waals surface area contributed by atoms with E-state index in [0.29, 0.717) is 23.8 Å². The Morgan fingerprint density at radius 1 is 1.19 bits per heavy atom. The van der Waals surface area contributed by atoms with Gasteiger partial charge in [-0.15, -0.1) is 0 Å². The monoisotopic (exact) mass is 387 g/mol. The Kier molecular flexibility index (Phi) is 5.51. The highest BCUT2D eigenvalue weighted by molar-refractivity contribution is 6.32. The molecule has 0 fully saturated rings. The Morgan fingerprint density at radius 3 is 2.56 bits per heavy atom. The molecule has 0 aliphatic carbocycles. The first-order valence-electron chi connectivity index (χ1n) is 8.66. The Morgan fingerprint density at radius 2 is 1.89 bits per heavy atom. The average molecular weight is 388 g/mol. The second-order valence-corrected chi connectivity index (χ2v) is 6.70. The van der Waals surface area contributed by atoms with Crippen molar-refractivity contribution in [2.75, 3.05) is 5.32 Å². The third-order valence-corrected chi connectivity index (χ3v) is 4.69. The van der Waals surface area contributed by atoms with Gasteiger partial charge in [0, 0.05) is 23.8 Å². The highest BCUT2D eigenvalue weighted by atomic mass is 35.5. The van der Waals surface area contributed by atoms with Crippen LogP contribution >= 0.6 is 11.6 Å². The number of rotatable bonds is 6. The summed E-state index contributed by atoms with van der Waals surface area (Å²) >= 11 is 6.17. The van der Waals surface area contributed by atoms with Gasteiger partial charge in [-0.3, -0.25) is 4.79 Å². The fourth-order valence-corrected chi connectivity index (χ4v) is 2.86. The van der Waals surface area contributed by atoms with Crippen LogP contribution in [0.3, 0.4) is 0 Å². The van der Waals surface area contributed by atoms with E-state index in [0.717, 1.165) is 21.8 Å². The number of ether oxygens (including phenoxy) is 1. The van der Waals surface area contributed by atoms with Gasteiger partial charge < -0.3 is 10.1 Å². The van der Waals surface area contributed by atoms with Crippen molar-refractivity contribution in [3.63, 3.8) is 0 Å². The number of benzene rings is 1. The molecule has 0 aliphatic heterocycles. The predicted octanol–water partition coefficient (Wildman–Crippen LogP) is 3.97. The van der Waals surface area contributed by atoms with Gasteiger partial charge in [-0.05, 0) is 57.0 Å². The van der Waals surface area contributed by atoms with Crippen molar-refractivity contribution in [3.8, 4) is 5.75 Å². The molecular weight excluding hydrogens is 366 g/mol. The van der Waals surface area contributed by atoms with Crippen LogP contribution in [-0.2, 0) is 13.3 Å². The number of hydrogen-bond donors (Lipinski definition) is 1. The van der Waals surface area contributed by atoms with Crippen LogP contribution in [0.2, 0.25) is 5.02 Å². The van der Waals surface area contributed by atoms with E-state index in [2.05, 4.69) is 15.5 Å². The summed E-state index contributed by atoms with van der Waals surface area (Å²) in [6, 6.07) is 7.23. The van der Waals surface area contributed by atoms with Crippen LogP contribution in [0.1, 0.15) is 34.2 Å². The number of hydrogen-bond acceptors (Lipinski definition) is 4. The zero-order valence-electron chi connectivity index (χ0n) is 15.8. The lowest BCUT2D eigenvalue weighted by Gasteiger charge is -2.10. The number of aromatic nitrogens is 4. The van der Waals surface area contributed by atoms with Crippen molar-refractivity contribution in [1.82, 2.24) is 19.6 Å². The summed E-state index contributed by atoms with van der Waals surface area (Å²) < 4.78 is 9.06. The number of nitrogens with zero attached hydrogens (tertiary/aromatic N) is 4. The zero-order valence-corrected chi connectivity index (χ0v) is 16.5. The van der Waals surface area contributed by atoms with Gasteiger partial charge in [0.25, 0.3) is 5.91 Å². The molecule has 7 nitrogen and oxygen atoms in total. The summed E-state index contributed by atoms with van der Waals surface area (Å²) in [5.74, 6) is 1.07. The van der Waals surface area contributed by atoms with E-state index in [1.165, 1.54) is 0 Å². The molecule has 0 saturated carbocycles. The maximum absolute atomic E-state index is 12.4. The first kappa shape index (κ1) is 19.0. The molecule has 0 bridgehead atoms. The zero-order chi connectivity index (χ0) is 19.6. The van der Waals surface area contributed by atoms with Crippen LogP contribution in [0.25, 0.3) is 0 Å². The number of amides is 1. The summed E-state index contributed by atoms with van der Waals surface area (Å²) in [5.41, 5.74) is 3.06. The molecule has 1 aromatic carbocycles. The van der Waals surface area contributed by atoms with Gasteiger partial charge in [0.05, 0.1) is 5.69 Å². The topological polar surface area (TPSA) is 74.0 Å². The summed E-state index contributed by atoms with van der Waals surface area (Å²) in [4.78, 5) is 12.4. The molecule has 2 aromatic heterocycles. The fourth-order valence-electron chi connectivity index (χ4n) is 2.75. The first-order valence-corrected chi connectivity index (χ1v) is 9.04. The van der Waals surface area contributed by atoms with Crippen molar-refractivity contribution >= 4 is 23.3 Å². The summed E-state index contributed by atoms with van der Waals surface area (Å²) in [7, 11) is 0. The normalized spacial score (nSPS) is 10.9. The Balaban J connectivity index is 1.65. The van der Waals surface area contributed by atoms with E-state index in [1.54, 1.807) is 21.6 Å². The number of carbonyl (C=O) groups excluding carboxylic acids is 1.